The van der Waals surface area contributed by atoms with E-state index in [1.165, 1.54) is 33.2 Å². The second-order valence-corrected chi connectivity index (χ2v) is 11.4. The third-order valence-corrected chi connectivity index (χ3v) is 9.34. The molecule has 1 fully saturated rings. The van der Waals surface area contributed by atoms with E-state index in [0.29, 0.717) is 26.2 Å². The van der Waals surface area contributed by atoms with E-state index in [2.05, 4.69) is 49.2 Å². The standard InChI is InChI=1S/C31H33N3O5S/c1-4-21(35)12-15-39-30-25(36)11-13-33-29(30)31(37)32-14-16-38-17-27(32)34(33)28-22-10-9-19(2)20(3)24(22)18-40-26-8-6-5-7-23(26)28/h5-11,13,27-28H,4,12,14-18H2,1-3H3. The Bertz CT molecular complexity index is 1550. The van der Waals surface area contributed by atoms with Gasteiger partial charge in [0, 0.05) is 42.3 Å². The number of Topliss-reactive ketones (excluding diaryl/α,β-unsaturated/α-hetero) is 1. The average molecular weight is 560 g/mol. The summed E-state index contributed by atoms with van der Waals surface area (Å²) in [6, 6.07) is 14.0. The second kappa shape index (κ2) is 10.8. The number of thioether (sulfide) groups is 1. The van der Waals surface area contributed by atoms with Crippen LogP contribution in [0.5, 0.6) is 5.75 Å². The van der Waals surface area contributed by atoms with Crippen molar-refractivity contribution in [3.63, 3.8) is 0 Å². The van der Waals surface area contributed by atoms with E-state index in [-0.39, 0.29) is 53.8 Å². The van der Waals surface area contributed by atoms with Crippen LogP contribution in [0.2, 0.25) is 0 Å². The Kier molecular flexibility index (Phi) is 7.18. The van der Waals surface area contributed by atoms with Gasteiger partial charge in [-0.05, 0) is 47.7 Å². The Balaban J connectivity index is 1.58. The number of rotatable bonds is 6. The molecule has 8 nitrogen and oxygen atoms in total. The molecule has 3 aliphatic rings. The molecular weight excluding hydrogens is 526 g/mol. The van der Waals surface area contributed by atoms with Gasteiger partial charge in [0.1, 0.15) is 11.9 Å². The number of ketones is 1. The first-order chi connectivity index (χ1) is 19.4. The van der Waals surface area contributed by atoms with Gasteiger partial charge in [-0.2, -0.15) is 0 Å². The first kappa shape index (κ1) is 26.7. The van der Waals surface area contributed by atoms with Gasteiger partial charge >= 0.3 is 0 Å². The Morgan fingerprint density at radius 2 is 1.93 bits per heavy atom. The zero-order valence-electron chi connectivity index (χ0n) is 23.0. The van der Waals surface area contributed by atoms with Crippen LogP contribution in [0, 0.1) is 13.8 Å². The summed E-state index contributed by atoms with van der Waals surface area (Å²) in [6.07, 6.45) is 1.87. The van der Waals surface area contributed by atoms with Gasteiger partial charge in [0.2, 0.25) is 5.43 Å². The number of benzene rings is 2. The Morgan fingerprint density at radius 1 is 1.10 bits per heavy atom. The first-order valence-electron chi connectivity index (χ1n) is 13.8. The van der Waals surface area contributed by atoms with Gasteiger partial charge < -0.3 is 14.4 Å². The molecule has 3 aliphatic heterocycles. The van der Waals surface area contributed by atoms with E-state index >= 15 is 0 Å². The van der Waals surface area contributed by atoms with E-state index < -0.39 is 0 Å². The van der Waals surface area contributed by atoms with Gasteiger partial charge in [-0.15, -0.1) is 11.8 Å². The van der Waals surface area contributed by atoms with Crippen molar-refractivity contribution in [1.82, 2.24) is 9.58 Å². The smallest absolute Gasteiger partial charge is 0.278 e. The van der Waals surface area contributed by atoms with E-state index in [4.69, 9.17) is 9.47 Å². The molecule has 0 bridgehead atoms. The number of carbonyl (C=O) groups excluding carboxylic acids is 2. The molecule has 0 N–H and O–H groups in total. The van der Waals surface area contributed by atoms with Crippen LogP contribution in [0.3, 0.4) is 0 Å². The van der Waals surface area contributed by atoms with Crippen LogP contribution < -0.4 is 15.2 Å². The molecule has 2 aromatic carbocycles. The highest BCUT2D eigenvalue weighted by atomic mass is 32.2. The highest BCUT2D eigenvalue weighted by Gasteiger charge is 2.46. The highest BCUT2D eigenvalue weighted by Crippen LogP contribution is 2.45. The van der Waals surface area contributed by atoms with Crippen molar-refractivity contribution in [1.29, 1.82) is 0 Å². The maximum atomic E-state index is 14.0. The summed E-state index contributed by atoms with van der Waals surface area (Å²) in [5, 5.41) is 2.18. The maximum absolute atomic E-state index is 14.0. The largest absolute Gasteiger partial charge is 0.487 e. The zero-order valence-corrected chi connectivity index (χ0v) is 23.8. The summed E-state index contributed by atoms with van der Waals surface area (Å²) in [6.45, 7) is 7.31. The van der Waals surface area contributed by atoms with Crippen LogP contribution in [0.1, 0.15) is 64.1 Å². The molecule has 9 heteroatoms. The van der Waals surface area contributed by atoms with Crippen LogP contribution in [-0.4, -0.2) is 53.8 Å². The summed E-state index contributed by atoms with van der Waals surface area (Å²) in [5.74, 6) is 0.602. The fraction of sp³-hybridized carbons (Fsp3) is 0.387. The molecule has 2 atom stereocenters. The molecular formula is C31H33N3O5S. The zero-order chi connectivity index (χ0) is 28.0. The number of fused-ring (bicyclic) bond motifs is 4. The fourth-order valence-electron chi connectivity index (χ4n) is 5.89. The second-order valence-electron chi connectivity index (χ2n) is 10.4. The van der Waals surface area contributed by atoms with Gasteiger partial charge in [-0.1, -0.05) is 37.3 Å². The highest BCUT2D eigenvalue weighted by molar-refractivity contribution is 7.98. The van der Waals surface area contributed by atoms with Crippen molar-refractivity contribution in [2.75, 3.05) is 31.4 Å². The predicted molar refractivity (Wildman–Crippen MR) is 154 cm³/mol. The van der Waals surface area contributed by atoms with Crippen molar-refractivity contribution in [3.8, 4) is 5.75 Å². The summed E-state index contributed by atoms with van der Waals surface area (Å²) in [4.78, 5) is 42.0. The van der Waals surface area contributed by atoms with Crippen LogP contribution >= 0.6 is 11.8 Å². The number of ether oxygens (including phenoxy) is 2. The third-order valence-electron chi connectivity index (χ3n) is 8.23. The molecule has 208 valence electrons. The predicted octanol–water partition coefficient (Wildman–Crippen LogP) is 4.36. The Morgan fingerprint density at radius 3 is 2.75 bits per heavy atom. The molecule has 1 amide bonds. The van der Waals surface area contributed by atoms with Gasteiger partial charge in [0.15, 0.2) is 11.4 Å². The van der Waals surface area contributed by atoms with Crippen molar-refractivity contribution in [2.24, 2.45) is 0 Å². The molecule has 40 heavy (non-hydrogen) atoms. The number of hydrogen-bond acceptors (Lipinski definition) is 7. The topological polar surface area (TPSA) is 81.1 Å². The number of carbonyl (C=O) groups is 2. The van der Waals surface area contributed by atoms with Crippen LogP contribution in [0.15, 0.2) is 58.4 Å². The molecule has 1 aromatic heterocycles. The van der Waals surface area contributed by atoms with Gasteiger partial charge in [0.05, 0.1) is 25.9 Å². The molecule has 0 spiro atoms. The minimum absolute atomic E-state index is 0.0112. The molecule has 2 unspecified atom stereocenters. The number of aromatic nitrogens is 1. The van der Waals surface area contributed by atoms with Gasteiger partial charge in [0.25, 0.3) is 5.91 Å². The van der Waals surface area contributed by atoms with E-state index in [9.17, 15) is 14.4 Å². The monoisotopic (exact) mass is 559 g/mol. The third kappa shape index (κ3) is 4.41. The number of hydrogen-bond donors (Lipinski definition) is 0. The normalized spacial score (nSPS) is 19.7. The molecule has 0 aliphatic carbocycles. The number of morpholine rings is 1. The number of aryl methyl sites for hydroxylation is 1. The van der Waals surface area contributed by atoms with E-state index in [0.717, 1.165) is 11.3 Å². The number of amides is 1. The molecule has 3 aromatic rings. The fourth-order valence-corrected chi connectivity index (χ4v) is 7.09. The Hall–Kier alpha value is -3.56. The maximum Gasteiger partial charge on any atom is 0.278 e. The average Bonchev–Trinajstić information content (AvgIpc) is 3.13. The molecule has 0 radical (unpaired) electrons. The molecule has 4 heterocycles. The summed E-state index contributed by atoms with van der Waals surface area (Å²) < 4.78 is 13.7. The minimum atomic E-state index is -0.388. The van der Waals surface area contributed by atoms with Crippen LogP contribution in [-0.2, 0) is 15.3 Å². The van der Waals surface area contributed by atoms with Crippen molar-refractivity contribution < 1.29 is 19.1 Å². The van der Waals surface area contributed by atoms with Gasteiger partial charge in [-0.3, -0.25) is 24.1 Å². The quantitative estimate of drug-likeness (QED) is 0.444. The van der Waals surface area contributed by atoms with Crippen LogP contribution in [0.25, 0.3) is 0 Å². The lowest BCUT2D eigenvalue weighted by molar-refractivity contribution is -0.119. The number of pyridine rings is 1. The van der Waals surface area contributed by atoms with Crippen molar-refractivity contribution >= 4 is 23.5 Å². The number of nitrogens with zero attached hydrogens (tertiary/aromatic N) is 3. The van der Waals surface area contributed by atoms with Crippen molar-refractivity contribution in [2.45, 2.75) is 56.5 Å². The summed E-state index contributed by atoms with van der Waals surface area (Å²) in [5.41, 5.74) is 5.90. The van der Waals surface area contributed by atoms with E-state index in [1.807, 2.05) is 17.8 Å². The lowest BCUT2D eigenvalue weighted by atomic mass is 9.89. The Labute approximate surface area is 237 Å². The van der Waals surface area contributed by atoms with E-state index in [1.54, 1.807) is 22.7 Å². The van der Waals surface area contributed by atoms with Crippen molar-refractivity contribution in [3.05, 3.63) is 92.4 Å². The first-order valence-corrected chi connectivity index (χ1v) is 14.8. The lowest BCUT2D eigenvalue weighted by Gasteiger charge is -2.51. The summed E-state index contributed by atoms with van der Waals surface area (Å²) in [7, 11) is 0. The minimum Gasteiger partial charge on any atom is -0.487 e. The summed E-state index contributed by atoms with van der Waals surface area (Å²) >= 11 is 1.82. The molecule has 0 saturated carbocycles. The molecule has 6 rings (SSSR count). The van der Waals surface area contributed by atoms with Crippen LogP contribution in [0.4, 0.5) is 0 Å². The SMILES string of the molecule is CCC(=O)CCOc1c2n(ccc1=O)N(C1c3ccccc3SCc3c1ccc(C)c3C)C1COCCN1C2=O. The van der Waals surface area contributed by atoms with Gasteiger partial charge in [-0.25, -0.2) is 0 Å². The lowest BCUT2D eigenvalue weighted by Crippen LogP contribution is -2.66. The molecule has 1 saturated heterocycles.